The van der Waals surface area contributed by atoms with Crippen LogP contribution in [0.1, 0.15) is 21.5 Å². The van der Waals surface area contributed by atoms with Crippen LogP contribution in [0.15, 0.2) is 53.4 Å². The van der Waals surface area contributed by atoms with Gasteiger partial charge in [-0.25, -0.2) is 4.79 Å². The maximum absolute atomic E-state index is 12.7. The van der Waals surface area contributed by atoms with Gasteiger partial charge in [-0.15, -0.1) is 11.8 Å². The quantitative estimate of drug-likeness (QED) is 0.597. The van der Waals surface area contributed by atoms with Gasteiger partial charge in [0.2, 0.25) is 0 Å². The molecule has 0 saturated carbocycles. The second-order valence-electron chi connectivity index (χ2n) is 4.46. The summed E-state index contributed by atoms with van der Waals surface area (Å²) in [5, 5.41) is 0. The van der Waals surface area contributed by atoms with E-state index in [1.807, 2.05) is 0 Å². The van der Waals surface area contributed by atoms with E-state index in [0.717, 1.165) is 17.7 Å². The molecule has 2 nitrogen and oxygen atoms in total. The molecule has 0 aromatic heterocycles. The molecule has 0 aliphatic carbocycles. The van der Waals surface area contributed by atoms with Gasteiger partial charge < -0.3 is 4.74 Å². The number of benzene rings is 2. The molecule has 0 spiro atoms. The molecule has 0 heterocycles. The van der Waals surface area contributed by atoms with Gasteiger partial charge in [0.05, 0.1) is 18.2 Å². The Bertz CT molecular complexity index is 668. The van der Waals surface area contributed by atoms with E-state index >= 15 is 0 Å². The summed E-state index contributed by atoms with van der Waals surface area (Å²) < 4.78 is 42.7. The summed E-state index contributed by atoms with van der Waals surface area (Å²) in [4.78, 5) is 12.1. The van der Waals surface area contributed by atoms with Crippen LogP contribution in [-0.4, -0.2) is 13.1 Å². The van der Waals surface area contributed by atoms with Gasteiger partial charge in [-0.05, 0) is 29.8 Å². The molecule has 0 unspecified atom stereocenters. The Labute approximate surface area is 130 Å². The molecule has 0 aliphatic rings. The standard InChI is InChI=1S/C16H13F3O2S/c1-21-15(20)14-8-3-2-5-11(14)10-22-13-7-4-6-12(9-13)16(17,18)19/h2-9H,10H2,1H3. The van der Waals surface area contributed by atoms with Gasteiger partial charge in [0.25, 0.3) is 0 Å². The molecule has 2 rings (SSSR count). The van der Waals surface area contributed by atoms with Crippen LogP contribution in [0.4, 0.5) is 13.2 Å². The van der Waals surface area contributed by atoms with Gasteiger partial charge in [0, 0.05) is 10.6 Å². The first-order valence-electron chi connectivity index (χ1n) is 6.38. The van der Waals surface area contributed by atoms with Crippen LogP contribution in [0.5, 0.6) is 0 Å². The third-order valence-corrected chi connectivity index (χ3v) is 4.02. The fraction of sp³-hybridized carbons (Fsp3) is 0.188. The van der Waals surface area contributed by atoms with Gasteiger partial charge in [0.15, 0.2) is 0 Å². The van der Waals surface area contributed by atoms with Gasteiger partial charge in [-0.1, -0.05) is 24.3 Å². The maximum Gasteiger partial charge on any atom is 0.416 e. The molecule has 0 aliphatic heterocycles. The van der Waals surface area contributed by atoms with Crippen LogP contribution < -0.4 is 0 Å². The number of rotatable bonds is 4. The van der Waals surface area contributed by atoms with E-state index in [1.165, 1.54) is 24.9 Å². The lowest BCUT2D eigenvalue weighted by Crippen LogP contribution is -2.05. The number of halogens is 3. The highest BCUT2D eigenvalue weighted by atomic mass is 32.2. The van der Waals surface area contributed by atoms with Crippen LogP contribution in [-0.2, 0) is 16.7 Å². The second kappa shape index (κ2) is 6.87. The summed E-state index contributed by atoms with van der Waals surface area (Å²) in [7, 11) is 1.29. The smallest absolute Gasteiger partial charge is 0.416 e. The fourth-order valence-electron chi connectivity index (χ4n) is 1.88. The predicted octanol–water partition coefficient (Wildman–Crippen LogP) is 4.78. The summed E-state index contributed by atoms with van der Waals surface area (Å²) >= 11 is 1.24. The molecule has 2 aromatic rings. The van der Waals surface area contributed by atoms with Gasteiger partial charge in [-0.2, -0.15) is 13.2 Å². The van der Waals surface area contributed by atoms with E-state index in [-0.39, 0.29) is 0 Å². The lowest BCUT2D eigenvalue weighted by atomic mass is 10.1. The van der Waals surface area contributed by atoms with E-state index in [2.05, 4.69) is 0 Å². The third-order valence-electron chi connectivity index (χ3n) is 2.98. The van der Waals surface area contributed by atoms with Gasteiger partial charge >= 0.3 is 12.1 Å². The number of ether oxygens (including phenoxy) is 1. The molecule has 22 heavy (non-hydrogen) atoms. The van der Waals surface area contributed by atoms with E-state index in [0.29, 0.717) is 16.2 Å². The van der Waals surface area contributed by atoms with Gasteiger partial charge in [-0.3, -0.25) is 0 Å². The van der Waals surface area contributed by atoms with Crippen LogP contribution >= 0.6 is 11.8 Å². The lowest BCUT2D eigenvalue weighted by molar-refractivity contribution is -0.137. The first-order chi connectivity index (χ1) is 10.4. The minimum atomic E-state index is -4.36. The Hall–Kier alpha value is -1.95. The molecule has 0 bridgehead atoms. The van der Waals surface area contributed by atoms with Crippen LogP contribution in [0.2, 0.25) is 0 Å². The number of alkyl halides is 3. The number of hydrogen-bond acceptors (Lipinski definition) is 3. The number of esters is 1. The van der Waals surface area contributed by atoms with Crippen molar-refractivity contribution in [3.05, 3.63) is 65.2 Å². The average molecular weight is 326 g/mol. The Balaban J connectivity index is 2.16. The van der Waals surface area contributed by atoms with E-state index in [9.17, 15) is 18.0 Å². The molecule has 6 heteroatoms. The van der Waals surface area contributed by atoms with Crippen LogP contribution in [0.3, 0.4) is 0 Å². The molecular formula is C16H13F3O2S. The predicted molar refractivity (Wildman–Crippen MR) is 78.8 cm³/mol. The van der Waals surface area contributed by atoms with Crippen molar-refractivity contribution in [1.29, 1.82) is 0 Å². The average Bonchev–Trinajstić information content (AvgIpc) is 2.52. The number of methoxy groups -OCH3 is 1. The van der Waals surface area contributed by atoms with E-state index < -0.39 is 17.7 Å². The maximum atomic E-state index is 12.7. The normalized spacial score (nSPS) is 11.3. The molecule has 0 radical (unpaired) electrons. The molecule has 0 fully saturated rings. The largest absolute Gasteiger partial charge is 0.465 e. The minimum Gasteiger partial charge on any atom is -0.465 e. The minimum absolute atomic E-state index is 0.382. The van der Waals surface area contributed by atoms with E-state index in [4.69, 9.17) is 4.74 Å². The number of carbonyl (C=O) groups excluding carboxylic acids is 1. The Morgan fingerprint density at radius 1 is 1.14 bits per heavy atom. The fourth-order valence-corrected chi connectivity index (χ4v) is 2.84. The zero-order valence-corrected chi connectivity index (χ0v) is 12.5. The van der Waals surface area contributed by atoms with Crippen molar-refractivity contribution in [2.75, 3.05) is 7.11 Å². The molecule has 0 saturated heterocycles. The molecular weight excluding hydrogens is 313 g/mol. The first-order valence-corrected chi connectivity index (χ1v) is 7.36. The highest BCUT2D eigenvalue weighted by Crippen LogP contribution is 2.33. The number of carbonyl (C=O) groups is 1. The van der Waals surface area contributed by atoms with Crippen molar-refractivity contribution >= 4 is 17.7 Å². The molecule has 2 aromatic carbocycles. The molecule has 0 N–H and O–H groups in total. The highest BCUT2D eigenvalue weighted by Gasteiger charge is 2.30. The Morgan fingerprint density at radius 3 is 2.55 bits per heavy atom. The van der Waals surface area contributed by atoms with Crippen molar-refractivity contribution in [3.63, 3.8) is 0 Å². The summed E-state index contributed by atoms with van der Waals surface area (Å²) in [6.45, 7) is 0. The number of thioether (sulfide) groups is 1. The highest BCUT2D eigenvalue weighted by molar-refractivity contribution is 7.98. The summed E-state index contributed by atoms with van der Waals surface area (Å²) in [6, 6.07) is 12.0. The van der Waals surface area contributed by atoms with Gasteiger partial charge in [0.1, 0.15) is 0 Å². The third kappa shape index (κ3) is 4.04. The second-order valence-corrected chi connectivity index (χ2v) is 5.51. The Kier molecular flexibility index (Phi) is 5.13. The summed E-state index contributed by atoms with van der Waals surface area (Å²) in [6.07, 6.45) is -4.36. The zero-order chi connectivity index (χ0) is 16.2. The van der Waals surface area contributed by atoms with Crippen molar-refractivity contribution in [2.45, 2.75) is 16.8 Å². The topological polar surface area (TPSA) is 26.3 Å². The summed E-state index contributed by atoms with van der Waals surface area (Å²) in [5.74, 6) is -0.0766. The zero-order valence-electron chi connectivity index (χ0n) is 11.7. The molecule has 0 atom stereocenters. The van der Waals surface area contributed by atoms with Crippen molar-refractivity contribution in [1.82, 2.24) is 0 Å². The Morgan fingerprint density at radius 2 is 1.86 bits per heavy atom. The lowest BCUT2D eigenvalue weighted by Gasteiger charge is -2.10. The number of hydrogen-bond donors (Lipinski definition) is 0. The van der Waals surface area contributed by atoms with E-state index in [1.54, 1.807) is 30.3 Å². The molecule has 116 valence electrons. The van der Waals surface area contributed by atoms with Crippen LogP contribution in [0, 0.1) is 0 Å². The van der Waals surface area contributed by atoms with Crippen molar-refractivity contribution in [2.24, 2.45) is 0 Å². The summed E-state index contributed by atoms with van der Waals surface area (Å²) in [5.41, 5.74) is 0.458. The van der Waals surface area contributed by atoms with Crippen molar-refractivity contribution in [3.8, 4) is 0 Å². The molecule has 0 amide bonds. The monoisotopic (exact) mass is 326 g/mol. The van der Waals surface area contributed by atoms with Crippen LogP contribution in [0.25, 0.3) is 0 Å². The first kappa shape index (κ1) is 16.4. The van der Waals surface area contributed by atoms with Crippen molar-refractivity contribution < 1.29 is 22.7 Å². The SMILES string of the molecule is COC(=O)c1ccccc1CSc1cccc(C(F)(F)F)c1.